The first-order valence-electron chi connectivity index (χ1n) is 5.45. The molecule has 4 heteroatoms. The SMILES string of the molecule is CC1CC(N)CCN1C(=O)C1CNC1. The summed E-state index contributed by atoms with van der Waals surface area (Å²) in [7, 11) is 0. The van der Waals surface area contributed by atoms with Crippen molar-refractivity contribution in [2.45, 2.75) is 31.8 Å². The molecule has 2 aliphatic heterocycles. The predicted molar refractivity (Wildman–Crippen MR) is 54.7 cm³/mol. The third-order valence-electron chi connectivity index (χ3n) is 3.33. The smallest absolute Gasteiger partial charge is 0.228 e. The number of piperidine rings is 1. The van der Waals surface area contributed by atoms with Crippen LogP contribution >= 0.6 is 0 Å². The van der Waals surface area contributed by atoms with Crippen LogP contribution in [0, 0.1) is 5.92 Å². The molecule has 3 N–H and O–H groups in total. The van der Waals surface area contributed by atoms with Crippen LogP contribution in [0.4, 0.5) is 0 Å². The zero-order valence-corrected chi connectivity index (χ0v) is 8.70. The van der Waals surface area contributed by atoms with E-state index in [0.717, 1.165) is 32.5 Å². The molecule has 0 aromatic rings. The third kappa shape index (κ3) is 1.77. The lowest BCUT2D eigenvalue weighted by Gasteiger charge is -2.40. The average Bonchev–Trinajstić information content (AvgIpc) is 2.00. The minimum atomic E-state index is 0.228. The maximum atomic E-state index is 11.9. The van der Waals surface area contributed by atoms with Crippen LogP contribution in [0.15, 0.2) is 0 Å². The number of likely N-dealkylation sites (tertiary alicyclic amines) is 1. The molecular weight excluding hydrogens is 178 g/mol. The van der Waals surface area contributed by atoms with Gasteiger partial charge in [0.2, 0.25) is 5.91 Å². The normalized spacial score (nSPS) is 34.0. The third-order valence-corrected chi connectivity index (χ3v) is 3.33. The Hall–Kier alpha value is -0.610. The quantitative estimate of drug-likeness (QED) is 0.598. The lowest BCUT2D eigenvalue weighted by Crippen LogP contribution is -2.56. The second-order valence-corrected chi connectivity index (χ2v) is 4.52. The summed E-state index contributed by atoms with van der Waals surface area (Å²) in [5.41, 5.74) is 5.86. The standard InChI is InChI=1S/C10H19N3O/c1-7-4-9(11)2-3-13(7)10(14)8-5-12-6-8/h7-9,12H,2-6,11H2,1H3. The fourth-order valence-electron chi connectivity index (χ4n) is 2.23. The highest BCUT2D eigenvalue weighted by Gasteiger charge is 2.33. The monoisotopic (exact) mass is 197 g/mol. The van der Waals surface area contributed by atoms with Crippen molar-refractivity contribution in [3.8, 4) is 0 Å². The van der Waals surface area contributed by atoms with E-state index >= 15 is 0 Å². The van der Waals surface area contributed by atoms with E-state index in [9.17, 15) is 4.79 Å². The van der Waals surface area contributed by atoms with Crippen molar-refractivity contribution in [1.29, 1.82) is 0 Å². The van der Waals surface area contributed by atoms with Crippen LogP contribution in [0.2, 0.25) is 0 Å². The second-order valence-electron chi connectivity index (χ2n) is 4.52. The maximum Gasteiger partial charge on any atom is 0.228 e. The van der Waals surface area contributed by atoms with E-state index in [1.165, 1.54) is 0 Å². The molecule has 2 rings (SSSR count). The molecule has 0 aromatic heterocycles. The summed E-state index contributed by atoms with van der Waals surface area (Å²) in [5.74, 6) is 0.551. The van der Waals surface area contributed by atoms with Crippen LogP contribution in [-0.2, 0) is 4.79 Å². The van der Waals surface area contributed by atoms with Crippen LogP contribution in [0.3, 0.4) is 0 Å². The van der Waals surface area contributed by atoms with Gasteiger partial charge in [-0.15, -0.1) is 0 Å². The van der Waals surface area contributed by atoms with Crippen LogP contribution in [0.25, 0.3) is 0 Å². The zero-order valence-electron chi connectivity index (χ0n) is 8.70. The summed E-state index contributed by atoms with van der Waals surface area (Å²) < 4.78 is 0. The van der Waals surface area contributed by atoms with Crippen LogP contribution in [0.1, 0.15) is 19.8 Å². The van der Waals surface area contributed by atoms with E-state index in [1.54, 1.807) is 0 Å². The van der Waals surface area contributed by atoms with Gasteiger partial charge in [0.05, 0.1) is 5.92 Å². The number of rotatable bonds is 1. The number of nitrogens with one attached hydrogen (secondary N) is 1. The van der Waals surface area contributed by atoms with Crippen molar-refractivity contribution in [2.24, 2.45) is 11.7 Å². The van der Waals surface area contributed by atoms with Gasteiger partial charge in [-0.05, 0) is 19.8 Å². The summed E-state index contributed by atoms with van der Waals surface area (Å²) in [6.07, 6.45) is 1.90. The summed E-state index contributed by atoms with van der Waals surface area (Å²) in [6, 6.07) is 0.611. The van der Waals surface area contributed by atoms with Gasteiger partial charge >= 0.3 is 0 Å². The Morgan fingerprint density at radius 1 is 1.50 bits per heavy atom. The Kier molecular flexibility index (Phi) is 2.74. The molecule has 0 saturated carbocycles. The molecular formula is C10H19N3O. The Labute approximate surface area is 84.8 Å². The van der Waals surface area contributed by atoms with E-state index < -0.39 is 0 Å². The molecule has 0 aliphatic carbocycles. The van der Waals surface area contributed by atoms with Gasteiger partial charge < -0.3 is 16.0 Å². The first kappa shape index (κ1) is 9.93. The van der Waals surface area contributed by atoms with Gasteiger partial charge in [-0.3, -0.25) is 4.79 Å². The van der Waals surface area contributed by atoms with Gasteiger partial charge in [0, 0.05) is 31.7 Å². The molecule has 2 fully saturated rings. The first-order valence-corrected chi connectivity index (χ1v) is 5.45. The molecule has 2 unspecified atom stereocenters. The van der Waals surface area contributed by atoms with E-state index in [4.69, 9.17) is 5.73 Å². The fraction of sp³-hybridized carbons (Fsp3) is 0.900. The Balaban J connectivity index is 1.92. The van der Waals surface area contributed by atoms with Gasteiger partial charge in [-0.2, -0.15) is 0 Å². The summed E-state index contributed by atoms with van der Waals surface area (Å²) >= 11 is 0. The number of carbonyl (C=O) groups is 1. The average molecular weight is 197 g/mol. The van der Waals surface area contributed by atoms with Crippen molar-refractivity contribution in [2.75, 3.05) is 19.6 Å². The van der Waals surface area contributed by atoms with E-state index in [-0.39, 0.29) is 12.0 Å². The number of hydrogen-bond donors (Lipinski definition) is 2. The Morgan fingerprint density at radius 2 is 2.21 bits per heavy atom. The summed E-state index contributed by atoms with van der Waals surface area (Å²) in [6.45, 7) is 4.66. The Morgan fingerprint density at radius 3 is 2.71 bits per heavy atom. The topological polar surface area (TPSA) is 58.4 Å². The molecule has 0 radical (unpaired) electrons. The summed E-state index contributed by atoms with van der Waals surface area (Å²) in [5, 5.41) is 3.13. The fourth-order valence-corrected chi connectivity index (χ4v) is 2.23. The van der Waals surface area contributed by atoms with Crippen LogP contribution < -0.4 is 11.1 Å². The van der Waals surface area contributed by atoms with Gasteiger partial charge in [-0.25, -0.2) is 0 Å². The molecule has 2 aliphatic rings. The molecule has 0 bridgehead atoms. The van der Waals surface area contributed by atoms with Crippen LogP contribution in [0.5, 0.6) is 0 Å². The number of nitrogens with zero attached hydrogens (tertiary/aromatic N) is 1. The lowest BCUT2D eigenvalue weighted by atomic mass is 9.95. The molecule has 4 nitrogen and oxygen atoms in total. The highest BCUT2D eigenvalue weighted by molar-refractivity contribution is 5.80. The number of carbonyl (C=O) groups excluding carboxylic acids is 1. The van der Waals surface area contributed by atoms with Crippen LogP contribution in [-0.4, -0.2) is 42.5 Å². The van der Waals surface area contributed by atoms with E-state index in [2.05, 4.69) is 12.2 Å². The van der Waals surface area contributed by atoms with Gasteiger partial charge in [0.25, 0.3) is 0 Å². The second kappa shape index (κ2) is 3.87. The minimum Gasteiger partial charge on any atom is -0.340 e. The number of hydrogen-bond acceptors (Lipinski definition) is 3. The first-order chi connectivity index (χ1) is 6.68. The van der Waals surface area contributed by atoms with Crippen molar-refractivity contribution < 1.29 is 4.79 Å². The van der Waals surface area contributed by atoms with Crippen molar-refractivity contribution in [3.05, 3.63) is 0 Å². The molecule has 0 spiro atoms. The van der Waals surface area contributed by atoms with Gasteiger partial charge in [0.1, 0.15) is 0 Å². The summed E-state index contributed by atoms with van der Waals surface area (Å²) in [4.78, 5) is 14.0. The highest BCUT2D eigenvalue weighted by atomic mass is 16.2. The lowest BCUT2D eigenvalue weighted by molar-refractivity contribution is -0.140. The van der Waals surface area contributed by atoms with Crippen molar-refractivity contribution in [3.63, 3.8) is 0 Å². The van der Waals surface area contributed by atoms with Crippen molar-refractivity contribution in [1.82, 2.24) is 10.2 Å². The maximum absolute atomic E-state index is 11.9. The molecule has 1 amide bonds. The molecule has 2 saturated heterocycles. The highest BCUT2D eigenvalue weighted by Crippen LogP contribution is 2.19. The van der Waals surface area contributed by atoms with Gasteiger partial charge in [-0.1, -0.05) is 0 Å². The number of nitrogens with two attached hydrogens (primary N) is 1. The minimum absolute atomic E-state index is 0.228. The molecule has 2 atom stereocenters. The molecule has 14 heavy (non-hydrogen) atoms. The molecule has 2 heterocycles. The molecule has 0 aromatic carbocycles. The van der Waals surface area contributed by atoms with Gasteiger partial charge in [0.15, 0.2) is 0 Å². The van der Waals surface area contributed by atoms with E-state index in [1.807, 2.05) is 4.90 Å². The largest absolute Gasteiger partial charge is 0.340 e. The van der Waals surface area contributed by atoms with Crippen molar-refractivity contribution >= 4 is 5.91 Å². The predicted octanol–water partition coefficient (Wildman–Crippen LogP) is -0.456. The van der Waals surface area contributed by atoms with E-state index in [0.29, 0.717) is 11.9 Å². The molecule has 80 valence electrons. The zero-order chi connectivity index (χ0) is 10.1. The number of amides is 1. The Bertz CT molecular complexity index is 227.